The molecule has 3 fully saturated rings. The van der Waals surface area contributed by atoms with E-state index in [1.165, 1.54) is 24.0 Å². The van der Waals surface area contributed by atoms with E-state index in [1.54, 1.807) is 0 Å². The Balaban J connectivity index is 1.27. The first-order chi connectivity index (χ1) is 12.3. The van der Waals surface area contributed by atoms with Gasteiger partial charge in [0.1, 0.15) is 36.9 Å². The van der Waals surface area contributed by atoms with Crippen LogP contribution in [0.5, 0.6) is 11.5 Å². The van der Waals surface area contributed by atoms with Gasteiger partial charge in [0.25, 0.3) is 0 Å². The summed E-state index contributed by atoms with van der Waals surface area (Å²) in [6, 6.07) is 17.1. The number of ether oxygens (including phenoxy) is 4. The minimum absolute atomic E-state index is 0.163. The molecule has 5 rings (SSSR count). The maximum Gasteiger partial charge on any atom is 0.119 e. The lowest BCUT2D eigenvalue weighted by Gasteiger charge is -2.17. The second kappa shape index (κ2) is 6.04. The third kappa shape index (κ3) is 3.37. The first-order valence-corrected chi connectivity index (χ1v) is 9.02. The number of hydrogen-bond donors (Lipinski definition) is 0. The summed E-state index contributed by atoms with van der Waals surface area (Å²) in [5, 5.41) is 0. The van der Waals surface area contributed by atoms with Crippen molar-refractivity contribution in [2.75, 3.05) is 26.4 Å². The first-order valence-electron chi connectivity index (χ1n) is 9.02. The normalized spacial score (nSPS) is 25.3. The maximum absolute atomic E-state index is 5.74. The zero-order valence-electron chi connectivity index (χ0n) is 14.1. The highest BCUT2D eigenvalue weighted by molar-refractivity contribution is 5.47. The molecule has 0 aromatic heterocycles. The Morgan fingerprint density at radius 2 is 1.12 bits per heavy atom. The van der Waals surface area contributed by atoms with Crippen LogP contribution in [0.25, 0.3) is 0 Å². The molecular formula is C21H22O4. The lowest BCUT2D eigenvalue weighted by Crippen LogP contribution is -2.09. The molecule has 25 heavy (non-hydrogen) atoms. The minimum atomic E-state index is 0.163. The van der Waals surface area contributed by atoms with Crippen molar-refractivity contribution < 1.29 is 18.9 Å². The summed E-state index contributed by atoms with van der Waals surface area (Å²) in [5.74, 6) is 1.84. The van der Waals surface area contributed by atoms with Gasteiger partial charge in [-0.3, -0.25) is 0 Å². The van der Waals surface area contributed by atoms with E-state index in [4.69, 9.17) is 18.9 Å². The fourth-order valence-electron chi connectivity index (χ4n) is 3.32. The van der Waals surface area contributed by atoms with Crippen molar-refractivity contribution in [1.82, 2.24) is 0 Å². The largest absolute Gasteiger partial charge is 0.491 e. The molecule has 2 aromatic rings. The van der Waals surface area contributed by atoms with Gasteiger partial charge in [0.05, 0.1) is 13.2 Å². The van der Waals surface area contributed by atoms with E-state index in [-0.39, 0.29) is 5.41 Å². The lowest BCUT2D eigenvalue weighted by molar-refractivity contribution is 0.263. The third-order valence-electron chi connectivity index (χ3n) is 5.24. The van der Waals surface area contributed by atoms with Crippen LogP contribution in [0.2, 0.25) is 0 Å². The average molecular weight is 338 g/mol. The van der Waals surface area contributed by atoms with Crippen LogP contribution >= 0.6 is 0 Å². The Morgan fingerprint density at radius 3 is 1.44 bits per heavy atom. The molecule has 2 heterocycles. The van der Waals surface area contributed by atoms with Crippen molar-refractivity contribution in [2.45, 2.75) is 30.5 Å². The van der Waals surface area contributed by atoms with Gasteiger partial charge in [-0.25, -0.2) is 0 Å². The van der Waals surface area contributed by atoms with Gasteiger partial charge >= 0.3 is 0 Å². The van der Waals surface area contributed by atoms with Gasteiger partial charge in [0.15, 0.2) is 0 Å². The van der Waals surface area contributed by atoms with Crippen LogP contribution in [0.1, 0.15) is 24.0 Å². The number of hydrogen-bond acceptors (Lipinski definition) is 4. The zero-order valence-corrected chi connectivity index (χ0v) is 14.1. The van der Waals surface area contributed by atoms with E-state index in [0.717, 1.165) is 24.7 Å². The van der Waals surface area contributed by atoms with Gasteiger partial charge in [-0.15, -0.1) is 0 Å². The molecule has 3 aliphatic rings. The molecule has 2 aromatic carbocycles. The molecule has 130 valence electrons. The van der Waals surface area contributed by atoms with Gasteiger partial charge in [0, 0.05) is 5.41 Å². The SMILES string of the molecule is c1cc(C2(c3ccc(OCC4CO4)cc3)CC2)ccc1OCC1CO1. The van der Waals surface area contributed by atoms with Crippen LogP contribution in [0.3, 0.4) is 0 Å². The fourth-order valence-corrected chi connectivity index (χ4v) is 3.32. The van der Waals surface area contributed by atoms with E-state index < -0.39 is 0 Å². The number of epoxide rings is 2. The molecule has 0 N–H and O–H groups in total. The van der Waals surface area contributed by atoms with Crippen molar-refractivity contribution in [3.8, 4) is 11.5 Å². The quantitative estimate of drug-likeness (QED) is 0.693. The second-order valence-electron chi connectivity index (χ2n) is 7.16. The summed E-state index contributed by atoms with van der Waals surface area (Å²) in [6.45, 7) is 2.96. The molecule has 1 saturated carbocycles. The number of benzene rings is 2. The Kier molecular flexibility index (Phi) is 3.68. The van der Waals surface area contributed by atoms with Crippen molar-refractivity contribution in [1.29, 1.82) is 0 Å². The van der Waals surface area contributed by atoms with Crippen LogP contribution < -0.4 is 9.47 Å². The molecular weight excluding hydrogens is 316 g/mol. The summed E-state index contributed by atoms with van der Waals surface area (Å²) in [4.78, 5) is 0. The van der Waals surface area contributed by atoms with Gasteiger partial charge in [-0.2, -0.15) is 0 Å². The molecule has 2 aliphatic heterocycles. The van der Waals surface area contributed by atoms with Gasteiger partial charge in [0.2, 0.25) is 0 Å². The molecule has 4 nitrogen and oxygen atoms in total. The Hall–Kier alpha value is -2.04. The molecule has 0 spiro atoms. The third-order valence-corrected chi connectivity index (χ3v) is 5.24. The molecule has 2 saturated heterocycles. The minimum Gasteiger partial charge on any atom is -0.491 e. The summed E-state index contributed by atoms with van der Waals surface area (Å²) in [6.07, 6.45) is 2.97. The van der Waals surface area contributed by atoms with Gasteiger partial charge in [-0.1, -0.05) is 24.3 Å². The maximum atomic E-state index is 5.74. The highest BCUT2D eigenvalue weighted by Gasteiger charge is 2.45. The Morgan fingerprint density at radius 1 is 0.720 bits per heavy atom. The van der Waals surface area contributed by atoms with E-state index in [2.05, 4.69) is 48.5 Å². The smallest absolute Gasteiger partial charge is 0.119 e. The topological polar surface area (TPSA) is 43.5 Å². The van der Waals surface area contributed by atoms with Gasteiger partial charge in [-0.05, 0) is 48.2 Å². The zero-order chi connectivity index (χ0) is 16.7. The second-order valence-corrected chi connectivity index (χ2v) is 7.16. The molecule has 2 unspecified atom stereocenters. The van der Waals surface area contributed by atoms with E-state index in [1.807, 2.05) is 0 Å². The summed E-state index contributed by atoms with van der Waals surface area (Å²) < 4.78 is 21.8. The fraction of sp³-hybridized carbons (Fsp3) is 0.429. The van der Waals surface area contributed by atoms with Crippen molar-refractivity contribution in [3.63, 3.8) is 0 Å². The van der Waals surface area contributed by atoms with E-state index in [0.29, 0.717) is 25.4 Å². The lowest BCUT2D eigenvalue weighted by atomic mass is 9.88. The highest BCUT2D eigenvalue weighted by atomic mass is 16.6. The van der Waals surface area contributed by atoms with E-state index >= 15 is 0 Å². The summed E-state index contributed by atoms with van der Waals surface area (Å²) >= 11 is 0. The molecule has 0 amide bonds. The van der Waals surface area contributed by atoms with Crippen LogP contribution in [0, 0.1) is 0 Å². The summed E-state index contributed by atoms with van der Waals surface area (Å²) in [7, 11) is 0. The standard InChI is InChI=1S/C21H22O4/c1-5-17(22-11-19-13-24-19)6-2-15(1)21(9-10-21)16-3-7-18(8-4-16)23-12-20-14-25-20/h1-8,19-20H,9-14H2. The predicted octanol–water partition coefficient (Wildman–Crippen LogP) is 3.32. The van der Waals surface area contributed by atoms with E-state index in [9.17, 15) is 0 Å². The highest BCUT2D eigenvalue weighted by Crippen LogP contribution is 2.53. The van der Waals surface area contributed by atoms with Crippen LogP contribution in [0.4, 0.5) is 0 Å². The Labute approximate surface area is 147 Å². The van der Waals surface area contributed by atoms with Crippen molar-refractivity contribution >= 4 is 0 Å². The monoisotopic (exact) mass is 338 g/mol. The first kappa shape index (κ1) is 15.2. The van der Waals surface area contributed by atoms with Crippen LogP contribution in [-0.2, 0) is 14.9 Å². The van der Waals surface area contributed by atoms with Crippen LogP contribution in [-0.4, -0.2) is 38.6 Å². The van der Waals surface area contributed by atoms with Crippen molar-refractivity contribution in [3.05, 3.63) is 59.7 Å². The van der Waals surface area contributed by atoms with Gasteiger partial charge < -0.3 is 18.9 Å². The predicted molar refractivity (Wildman–Crippen MR) is 93.4 cm³/mol. The Bertz CT molecular complexity index is 664. The average Bonchev–Trinajstić information content (AvgIpc) is 3.52. The molecule has 4 heteroatoms. The molecule has 0 bridgehead atoms. The number of rotatable bonds is 8. The summed E-state index contributed by atoms with van der Waals surface area (Å²) in [5.41, 5.74) is 2.89. The molecule has 0 radical (unpaired) electrons. The molecule has 1 aliphatic carbocycles. The van der Waals surface area contributed by atoms with Crippen molar-refractivity contribution in [2.24, 2.45) is 0 Å². The van der Waals surface area contributed by atoms with Crippen LogP contribution in [0.15, 0.2) is 48.5 Å². The molecule has 2 atom stereocenters.